The third-order valence-electron chi connectivity index (χ3n) is 3.47. The number of esters is 1. The first-order valence-corrected chi connectivity index (χ1v) is 8.96. The van der Waals surface area contributed by atoms with Crippen LogP contribution in [0, 0.1) is 6.92 Å². The number of rotatable bonds is 6. The van der Waals surface area contributed by atoms with Gasteiger partial charge < -0.3 is 14.2 Å². The van der Waals surface area contributed by atoms with Crippen molar-refractivity contribution in [3.8, 4) is 17.2 Å². The largest absolute Gasteiger partial charge is 0.493 e. The number of hydrogen-bond donors (Lipinski definition) is 0. The zero-order chi connectivity index (χ0) is 18.5. The maximum absolute atomic E-state index is 12.5. The van der Waals surface area contributed by atoms with E-state index in [4.69, 9.17) is 25.8 Å². The van der Waals surface area contributed by atoms with Crippen molar-refractivity contribution in [2.24, 2.45) is 0 Å². The van der Waals surface area contributed by atoms with E-state index in [0.29, 0.717) is 37.8 Å². The molecule has 5 nitrogen and oxygen atoms in total. The summed E-state index contributed by atoms with van der Waals surface area (Å²) in [7, 11) is 1.52. The molecule has 1 heterocycles. The summed E-state index contributed by atoms with van der Waals surface area (Å²) < 4.78 is 16.3. The normalized spacial score (nSPS) is 10.4. The quantitative estimate of drug-likeness (QED) is 0.442. The third kappa shape index (κ3) is 4.33. The minimum atomic E-state index is -0.470. The molecule has 2 aromatic carbocycles. The number of methoxy groups -OCH3 is 1. The van der Waals surface area contributed by atoms with Gasteiger partial charge in [-0.3, -0.25) is 0 Å². The Balaban J connectivity index is 1.69. The molecule has 0 atom stereocenters. The molecule has 0 radical (unpaired) electrons. The maximum atomic E-state index is 12.5. The van der Waals surface area contributed by atoms with E-state index in [0.717, 1.165) is 0 Å². The molecule has 0 saturated carbocycles. The molecule has 0 aliphatic carbocycles. The number of thiazole rings is 1. The summed E-state index contributed by atoms with van der Waals surface area (Å²) in [5, 5.41) is 1.33. The average Bonchev–Trinajstić information content (AvgIpc) is 3.02. The highest BCUT2D eigenvalue weighted by Gasteiger charge is 2.19. The van der Waals surface area contributed by atoms with Crippen molar-refractivity contribution in [2.45, 2.75) is 13.5 Å². The second-order valence-electron chi connectivity index (χ2n) is 5.31. The minimum absolute atomic E-state index is 0.259. The molecule has 7 heteroatoms. The first-order valence-electron chi connectivity index (χ1n) is 7.76. The van der Waals surface area contributed by atoms with Crippen LogP contribution in [-0.2, 0) is 6.61 Å². The van der Waals surface area contributed by atoms with Crippen molar-refractivity contribution in [2.75, 3.05) is 7.11 Å². The molecule has 134 valence electrons. The zero-order valence-corrected chi connectivity index (χ0v) is 15.8. The van der Waals surface area contributed by atoms with E-state index in [1.54, 1.807) is 55.5 Å². The Morgan fingerprint density at radius 1 is 1.12 bits per heavy atom. The summed E-state index contributed by atoms with van der Waals surface area (Å²) in [6.45, 7) is 2.02. The SMILES string of the molecule is COc1ccccc1OC(=O)c1sc(COc2ccc(Cl)cc2)nc1C. The Morgan fingerprint density at radius 3 is 2.50 bits per heavy atom. The van der Waals surface area contributed by atoms with Crippen molar-refractivity contribution >= 4 is 28.9 Å². The van der Waals surface area contributed by atoms with Gasteiger partial charge in [0, 0.05) is 5.02 Å². The second-order valence-corrected chi connectivity index (χ2v) is 6.83. The van der Waals surface area contributed by atoms with Crippen LogP contribution in [0.3, 0.4) is 0 Å². The fraction of sp³-hybridized carbons (Fsp3) is 0.158. The number of benzene rings is 2. The number of aromatic nitrogens is 1. The van der Waals surface area contributed by atoms with Crippen molar-refractivity contribution in [3.05, 3.63) is 69.1 Å². The summed E-state index contributed by atoms with van der Waals surface area (Å²) >= 11 is 7.09. The molecular weight excluding hydrogens is 374 g/mol. The molecule has 0 N–H and O–H groups in total. The lowest BCUT2D eigenvalue weighted by atomic mass is 10.3. The van der Waals surface area contributed by atoms with E-state index < -0.39 is 5.97 Å². The Morgan fingerprint density at radius 2 is 1.81 bits per heavy atom. The highest BCUT2D eigenvalue weighted by atomic mass is 35.5. The van der Waals surface area contributed by atoms with E-state index in [-0.39, 0.29) is 6.61 Å². The molecule has 0 saturated heterocycles. The van der Waals surface area contributed by atoms with E-state index in [9.17, 15) is 4.79 Å². The van der Waals surface area contributed by atoms with Crippen molar-refractivity contribution < 1.29 is 19.0 Å². The van der Waals surface area contributed by atoms with Crippen LogP contribution >= 0.6 is 22.9 Å². The lowest BCUT2D eigenvalue weighted by molar-refractivity contribution is 0.0734. The van der Waals surface area contributed by atoms with Crippen LogP contribution in [0.2, 0.25) is 5.02 Å². The molecule has 1 aromatic heterocycles. The van der Waals surface area contributed by atoms with Crippen molar-refractivity contribution in [1.29, 1.82) is 0 Å². The van der Waals surface area contributed by atoms with E-state index in [1.807, 2.05) is 0 Å². The lowest BCUT2D eigenvalue weighted by Crippen LogP contribution is -2.08. The Bertz CT molecular complexity index is 908. The number of carbonyl (C=O) groups excluding carboxylic acids is 1. The highest BCUT2D eigenvalue weighted by Crippen LogP contribution is 2.28. The number of carbonyl (C=O) groups is 1. The number of para-hydroxylation sites is 2. The average molecular weight is 390 g/mol. The van der Waals surface area contributed by atoms with Crippen LogP contribution in [0.4, 0.5) is 0 Å². The fourth-order valence-electron chi connectivity index (χ4n) is 2.23. The van der Waals surface area contributed by atoms with Gasteiger partial charge >= 0.3 is 5.97 Å². The van der Waals surface area contributed by atoms with Gasteiger partial charge in [-0.1, -0.05) is 23.7 Å². The number of hydrogen-bond acceptors (Lipinski definition) is 6. The molecule has 0 aliphatic rings. The first kappa shape index (κ1) is 18.2. The molecular formula is C19H16ClNO4S. The van der Waals surface area contributed by atoms with Gasteiger partial charge in [-0.25, -0.2) is 9.78 Å². The smallest absolute Gasteiger partial charge is 0.355 e. The van der Waals surface area contributed by atoms with Gasteiger partial charge in [-0.15, -0.1) is 11.3 Å². The van der Waals surface area contributed by atoms with Gasteiger partial charge in [0.2, 0.25) is 0 Å². The van der Waals surface area contributed by atoms with Crippen LogP contribution in [0.5, 0.6) is 17.2 Å². The van der Waals surface area contributed by atoms with Crippen LogP contribution in [0.1, 0.15) is 20.4 Å². The van der Waals surface area contributed by atoms with E-state index in [2.05, 4.69) is 4.98 Å². The van der Waals surface area contributed by atoms with Crippen molar-refractivity contribution in [3.63, 3.8) is 0 Å². The summed E-state index contributed by atoms with van der Waals surface area (Å²) in [6.07, 6.45) is 0. The van der Waals surface area contributed by atoms with Gasteiger partial charge in [0.05, 0.1) is 12.8 Å². The molecule has 0 bridgehead atoms. The summed E-state index contributed by atoms with van der Waals surface area (Å²) in [6, 6.07) is 14.0. The van der Waals surface area contributed by atoms with Gasteiger partial charge in [-0.05, 0) is 43.3 Å². The Labute approximate surface area is 160 Å². The molecule has 0 aliphatic heterocycles. The van der Waals surface area contributed by atoms with Crippen LogP contribution in [0.15, 0.2) is 48.5 Å². The molecule has 3 aromatic rings. The van der Waals surface area contributed by atoms with E-state index >= 15 is 0 Å². The van der Waals surface area contributed by atoms with E-state index in [1.165, 1.54) is 18.4 Å². The number of halogens is 1. The summed E-state index contributed by atoms with van der Waals surface area (Å²) in [4.78, 5) is 17.3. The number of aryl methyl sites for hydroxylation is 1. The predicted molar refractivity (Wildman–Crippen MR) is 101 cm³/mol. The summed E-state index contributed by atoms with van der Waals surface area (Å²) in [5.41, 5.74) is 0.601. The van der Waals surface area contributed by atoms with Gasteiger partial charge in [-0.2, -0.15) is 0 Å². The topological polar surface area (TPSA) is 57.7 Å². The molecule has 0 amide bonds. The second kappa shape index (κ2) is 8.21. The van der Waals surface area contributed by atoms with Gasteiger partial charge in [0.1, 0.15) is 22.2 Å². The Kier molecular flexibility index (Phi) is 5.75. The maximum Gasteiger partial charge on any atom is 0.355 e. The predicted octanol–water partition coefficient (Wildman–Crippen LogP) is 4.91. The first-order chi connectivity index (χ1) is 12.6. The van der Waals surface area contributed by atoms with Crippen LogP contribution in [0.25, 0.3) is 0 Å². The van der Waals surface area contributed by atoms with Gasteiger partial charge in [0.15, 0.2) is 11.5 Å². The monoisotopic (exact) mass is 389 g/mol. The summed E-state index contributed by atoms with van der Waals surface area (Å²) in [5.74, 6) is 1.07. The molecule has 0 unspecified atom stereocenters. The number of ether oxygens (including phenoxy) is 3. The van der Waals surface area contributed by atoms with Gasteiger partial charge in [0.25, 0.3) is 0 Å². The molecule has 0 fully saturated rings. The molecule has 3 rings (SSSR count). The fourth-order valence-corrected chi connectivity index (χ4v) is 3.21. The zero-order valence-electron chi connectivity index (χ0n) is 14.2. The molecule has 26 heavy (non-hydrogen) atoms. The number of nitrogens with zero attached hydrogens (tertiary/aromatic N) is 1. The van der Waals surface area contributed by atoms with Crippen LogP contribution in [-0.4, -0.2) is 18.1 Å². The molecule has 0 spiro atoms. The van der Waals surface area contributed by atoms with Crippen molar-refractivity contribution in [1.82, 2.24) is 4.98 Å². The standard InChI is InChI=1S/C19H16ClNO4S/c1-12-18(19(22)25-16-6-4-3-5-15(16)23-2)26-17(21-12)11-24-14-9-7-13(20)8-10-14/h3-10H,11H2,1-2H3. The third-order valence-corrected chi connectivity index (χ3v) is 4.84. The van der Waals surface area contributed by atoms with Crippen LogP contribution < -0.4 is 14.2 Å². The highest BCUT2D eigenvalue weighted by molar-refractivity contribution is 7.13. The lowest BCUT2D eigenvalue weighted by Gasteiger charge is -2.07. The minimum Gasteiger partial charge on any atom is -0.493 e. The Hall–Kier alpha value is -2.57.